The number of hydrogen-bond donors (Lipinski definition) is 1. The van der Waals surface area contributed by atoms with E-state index in [4.69, 9.17) is 10.7 Å². The van der Waals surface area contributed by atoms with Crippen molar-refractivity contribution in [1.29, 1.82) is 0 Å². The molecule has 0 bridgehead atoms. The van der Waals surface area contributed by atoms with Crippen LogP contribution in [0.25, 0.3) is 0 Å². The van der Waals surface area contributed by atoms with Crippen molar-refractivity contribution in [3.8, 4) is 0 Å². The third kappa shape index (κ3) is 3.66. The maximum Gasteiger partial charge on any atom is 0.137 e. The lowest BCUT2D eigenvalue weighted by molar-refractivity contribution is 0.351. The first-order valence-electron chi connectivity index (χ1n) is 8.29. The molecule has 0 aromatic carbocycles. The van der Waals surface area contributed by atoms with E-state index >= 15 is 0 Å². The molecule has 2 N–H and O–H groups in total. The Bertz CT molecular complexity index is 482. The number of rotatable bonds is 3. The largest absolute Gasteiger partial charge is 0.383 e. The van der Waals surface area contributed by atoms with Gasteiger partial charge >= 0.3 is 0 Å². The van der Waals surface area contributed by atoms with Gasteiger partial charge < -0.3 is 10.6 Å². The zero-order valence-corrected chi connectivity index (χ0v) is 14.2. The van der Waals surface area contributed by atoms with Gasteiger partial charge in [-0.25, -0.2) is 9.97 Å². The zero-order valence-electron chi connectivity index (χ0n) is 14.2. The van der Waals surface area contributed by atoms with E-state index in [9.17, 15) is 0 Å². The molecule has 0 aliphatic carbocycles. The Hall–Kier alpha value is -1.32. The molecule has 21 heavy (non-hydrogen) atoms. The third-order valence-corrected chi connectivity index (χ3v) is 4.71. The van der Waals surface area contributed by atoms with Gasteiger partial charge in [-0.1, -0.05) is 27.7 Å². The van der Waals surface area contributed by atoms with Gasteiger partial charge in [-0.2, -0.15) is 0 Å². The molecule has 0 spiro atoms. The summed E-state index contributed by atoms with van der Waals surface area (Å²) in [5.41, 5.74) is 7.13. The zero-order chi connectivity index (χ0) is 15.6. The monoisotopic (exact) mass is 290 g/mol. The Morgan fingerprint density at radius 1 is 1.10 bits per heavy atom. The molecule has 2 rings (SSSR count). The van der Waals surface area contributed by atoms with Crippen molar-refractivity contribution >= 4 is 11.6 Å². The predicted octanol–water partition coefficient (Wildman–Crippen LogP) is 3.75. The van der Waals surface area contributed by atoms with Crippen molar-refractivity contribution in [3.05, 3.63) is 11.4 Å². The summed E-state index contributed by atoms with van der Waals surface area (Å²) in [4.78, 5) is 11.7. The summed E-state index contributed by atoms with van der Waals surface area (Å²) >= 11 is 0. The van der Waals surface area contributed by atoms with E-state index < -0.39 is 0 Å². The minimum atomic E-state index is 0.307. The van der Waals surface area contributed by atoms with Crippen molar-refractivity contribution in [1.82, 2.24) is 9.97 Å². The summed E-state index contributed by atoms with van der Waals surface area (Å²) in [5, 5.41) is 0. The highest BCUT2D eigenvalue weighted by Gasteiger charge is 2.22. The van der Waals surface area contributed by atoms with Crippen molar-refractivity contribution < 1.29 is 0 Å². The fourth-order valence-electron chi connectivity index (χ4n) is 3.11. The Labute approximate surface area is 129 Å². The molecule has 4 heteroatoms. The molecular weight excluding hydrogens is 260 g/mol. The first-order valence-corrected chi connectivity index (χ1v) is 8.29. The van der Waals surface area contributed by atoms with E-state index in [0.717, 1.165) is 42.1 Å². The van der Waals surface area contributed by atoms with Crippen LogP contribution in [-0.2, 0) is 0 Å². The van der Waals surface area contributed by atoms with Crippen LogP contribution in [0.3, 0.4) is 0 Å². The lowest BCUT2D eigenvalue weighted by atomic mass is 9.89. The first-order chi connectivity index (χ1) is 9.90. The van der Waals surface area contributed by atoms with E-state index in [1.807, 2.05) is 6.92 Å². The topological polar surface area (TPSA) is 55.0 Å². The van der Waals surface area contributed by atoms with Gasteiger partial charge in [0.2, 0.25) is 0 Å². The standard InChI is InChI=1S/C17H30N4/c1-11(2)14-7-6-9-21(10-8-14)17-13(5)15(18)19-16(20-17)12(3)4/h11-12,14H,6-10H2,1-5H3,(H2,18,19,20). The normalized spacial score (nSPS) is 20.1. The van der Waals surface area contributed by atoms with Gasteiger partial charge in [0.05, 0.1) is 0 Å². The van der Waals surface area contributed by atoms with Crippen LogP contribution in [-0.4, -0.2) is 23.1 Å². The number of nitrogens with two attached hydrogens (primary N) is 1. The van der Waals surface area contributed by atoms with Crippen molar-refractivity contribution in [2.24, 2.45) is 11.8 Å². The molecule has 118 valence electrons. The van der Waals surface area contributed by atoms with Crippen molar-refractivity contribution in [2.75, 3.05) is 23.7 Å². The Morgan fingerprint density at radius 2 is 1.81 bits per heavy atom. The molecule has 0 amide bonds. The molecule has 4 nitrogen and oxygen atoms in total. The summed E-state index contributed by atoms with van der Waals surface area (Å²) in [6, 6.07) is 0. The van der Waals surface area contributed by atoms with Gasteiger partial charge in [0.1, 0.15) is 17.5 Å². The second-order valence-corrected chi connectivity index (χ2v) is 6.99. The molecule has 0 saturated carbocycles. The molecule has 1 aliphatic rings. The molecule has 1 aliphatic heterocycles. The summed E-state index contributed by atoms with van der Waals surface area (Å²) in [6.07, 6.45) is 3.81. The second kappa shape index (κ2) is 6.63. The fourth-order valence-corrected chi connectivity index (χ4v) is 3.11. The van der Waals surface area contributed by atoms with Gasteiger partial charge in [0.25, 0.3) is 0 Å². The maximum atomic E-state index is 6.10. The number of aromatic nitrogens is 2. The summed E-state index contributed by atoms with van der Waals surface area (Å²) < 4.78 is 0. The summed E-state index contributed by atoms with van der Waals surface area (Å²) in [6.45, 7) is 13.1. The lowest BCUT2D eigenvalue weighted by Gasteiger charge is -2.25. The van der Waals surface area contributed by atoms with Crippen molar-refractivity contribution in [2.45, 2.75) is 59.8 Å². The van der Waals surface area contributed by atoms with Crippen LogP contribution in [0.4, 0.5) is 11.6 Å². The molecule has 1 atom stereocenters. The molecule has 2 heterocycles. The minimum Gasteiger partial charge on any atom is -0.383 e. The van der Waals surface area contributed by atoms with Gasteiger partial charge in [-0.15, -0.1) is 0 Å². The van der Waals surface area contributed by atoms with Gasteiger partial charge in [-0.05, 0) is 38.0 Å². The molecule has 1 unspecified atom stereocenters. The van der Waals surface area contributed by atoms with E-state index in [2.05, 4.69) is 37.6 Å². The van der Waals surface area contributed by atoms with E-state index in [1.54, 1.807) is 0 Å². The van der Waals surface area contributed by atoms with Gasteiger partial charge in [0, 0.05) is 24.6 Å². The first kappa shape index (κ1) is 16.1. The quantitative estimate of drug-likeness (QED) is 0.921. The number of anilines is 2. The Balaban J connectivity index is 2.25. The molecule has 1 saturated heterocycles. The highest BCUT2D eigenvalue weighted by atomic mass is 15.2. The Kier molecular flexibility index (Phi) is 5.07. The highest BCUT2D eigenvalue weighted by molar-refractivity contribution is 5.56. The second-order valence-electron chi connectivity index (χ2n) is 6.99. The molecule has 1 aromatic rings. The molecular formula is C17H30N4. The van der Waals surface area contributed by atoms with E-state index in [1.165, 1.54) is 19.3 Å². The Morgan fingerprint density at radius 3 is 2.43 bits per heavy atom. The van der Waals surface area contributed by atoms with E-state index in [0.29, 0.717) is 11.7 Å². The smallest absolute Gasteiger partial charge is 0.137 e. The minimum absolute atomic E-state index is 0.307. The summed E-state index contributed by atoms with van der Waals surface area (Å²) in [7, 11) is 0. The van der Waals surface area contributed by atoms with Crippen LogP contribution in [0.1, 0.15) is 64.3 Å². The van der Waals surface area contributed by atoms with E-state index in [-0.39, 0.29) is 0 Å². The maximum absolute atomic E-state index is 6.10. The van der Waals surface area contributed by atoms with Crippen LogP contribution in [0, 0.1) is 18.8 Å². The van der Waals surface area contributed by atoms with Crippen LogP contribution >= 0.6 is 0 Å². The van der Waals surface area contributed by atoms with Gasteiger partial charge in [0.15, 0.2) is 0 Å². The average Bonchev–Trinajstić information content (AvgIpc) is 2.67. The van der Waals surface area contributed by atoms with Crippen molar-refractivity contribution in [3.63, 3.8) is 0 Å². The number of hydrogen-bond acceptors (Lipinski definition) is 4. The average molecular weight is 290 g/mol. The van der Waals surface area contributed by atoms with Crippen LogP contribution in [0.2, 0.25) is 0 Å². The predicted molar refractivity (Wildman–Crippen MR) is 89.7 cm³/mol. The highest BCUT2D eigenvalue weighted by Crippen LogP contribution is 2.30. The van der Waals surface area contributed by atoms with Gasteiger partial charge in [-0.3, -0.25) is 0 Å². The lowest BCUT2D eigenvalue weighted by Crippen LogP contribution is -2.27. The molecule has 1 aromatic heterocycles. The SMILES string of the molecule is Cc1c(N)nc(C(C)C)nc1N1CCCC(C(C)C)CC1. The molecule has 1 fully saturated rings. The molecule has 0 radical (unpaired) electrons. The van der Waals surface area contributed by atoms with Crippen LogP contribution in [0.5, 0.6) is 0 Å². The number of nitrogens with zero attached hydrogens (tertiary/aromatic N) is 3. The number of nitrogen functional groups attached to an aromatic ring is 1. The fraction of sp³-hybridized carbons (Fsp3) is 0.765. The van der Waals surface area contributed by atoms with Crippen LogP contribution in [0.15, 0.2) is 0 Å². The summed E-state index contributed by atoms with van der Waals surface area (Å²) in [5.74, 6) is 4.45. The third-order valence-electron chi connectivity index (χ3n) is 4.71. The van der Waals surface area contributed by atoms with Crippen LogP contribution < -0.4 is 10.6 Å².